The minimum Gasteiger partial charge on any atom is -0.480 e. The van der Waals surface area contributed by atoms with Gasteiger partial charge in [-0.05, 0) is 24.1 Å². The zero-order valence-electron chi connectivity index (χ0n) is 11.9. The van der Waals surface area contributed by atoms with Crippen LogP contribution in [-0.4, -0.2) is 23.0 Å². The summed E-state index contributed by atoms with van der Waals surface area (Å²) in [5.41, 5.74) is -1.89. The van der Waals surface area contributed by atoms with Crippen LogP contribution < -0.4 is 5.32 Å². The zero-order valence-corrected chi connectivity index (χ0v) is 11.9. The van der Waals surface area contributed by atoms with Crippen molar-refractivity contribution < 1.29 is 32.3 Å². The van der Waals surface area contributed by atoms with Crippen LogP contribution in [0.15, 0.2) is 18.2 Å². The quantitative estimate of drug-likeness (QED) is 0.819. The van der Waals surface area contributed by atoms with E-state index in [1.54, 1.807) is 13.8 Å². The Morgan fingerprint density at radius 2 is 1.86 bits per heavy atom. The molecule has 4 nitrogen and oxygen atoms in total. The number of amides is 1. The van der Waals surface area contributed by atoms with Crippen LogP contribution in [0.3, 0.4) is 0 Å². The summed E-state index contributed by atoms with van der Waals surface area (Å²) in [6.45, 7) is 3.28. The maximum Gasteiger partial charge on any atom is 0.416 e. The first-order valence-corrected chi connectivity index (χ1v) is 6.47. The molecule has 0 aliphatic rings. The number of hydrogen-bond donors (Lipinski definition) is 2. The topological polar surface area (TPSA) is 66.4 Å². The highest BCUT2D eigenvalue weighted by molar-refractivity contribution is 5.96. The Morgan fingerprint density at radius 3 is 2.32 bits per heavy atom. The minimum absolute atomic E-state index is 0.264. The smallest absolute Gasteiger partial charge is 0.416 e. The van der Waals surface area contributed by atoms with Gasteiger partial charge < -0.3 is 10.4 Å². The minimum atomic E-state index is -4.81. The lowest BCUT2D eigenvalue weighted by molar-refractivity contribution is -0.140. The van der Waals surface area contributed by atoms with Gasteiger partial charge in [0.05, 0.1) is 5.56 Å². The Balaban J connectivity index is 3.07. The summed E-state index contributed by atoms with van der Waals surface area (Å²) < 4.78 is 51.0. The van der Waals surface area contributed by atoms with Crippen molar-refractivity contribution in [2.24, 2.45) is 5.92 Å². The Bertz CT molecular complexity index is 572. The average Bonchev–Trinajstić information content (AvgIpc) is 2.41. The molecular formula is C14H15F4NO3. The van der Waals surface area contributed by atoms with Gasteiger partial charge in [0.2, 0.25) is 0 Å². The predicted molar refractivity (Wildman–Crippen MR) is 69.7 cm³/mol. The van der Waals surface area contributed by atoms with E-state index in [0.717, 1.165) is 0 Å². The molecule has 0 bridgehead atoms. The van der Waals surface area contributed by atoms with E-state index in [2.05, 4.69) is 5.32 Å². The third kappa shape index (κ3) is 4.44. The molecular weight excluding hydrogens is 306 g/mol. The highest BCUT2D eigenvalue weighted by Gasteiger charge is 2.32. The number of carboxylic acids is 1. The van der Waals surface area contributed by atoms with Crippen LogP contribution in [0, 0.1) is 11.7 Å². The fourth-order valence-corrected chi connectivity index (χ4v) is 1.79. The number of nitrogens with one attached hydrogen (secondary N) is 1. The second kappa shape index (κ2) is 6.76. The maximum atomic E-state index is 13.2. The Kier molecular flexibility index (Phi) is 5.51. The number of carbonyl (C=O) groups is 2. The van der Waals surface area contributed by atoms with Gasteiger partial charge in [0.15, 0.2) is 0 Å². The number of alkyl halides is 3. The summed E-state index contributed by atoms with van der Waals surface area (Å²) in [5.74, 6) is -4.04. The van der Waals surface area contributed by atoms with Crippen LogP contribution in [0.1, 0.15) is 36.2 Å². The van der Waals surface area contributed by atoms with Crippen molar-refractivity contribution >= 4 is 11.9 Å². The SMILES string of the molecule is CC[C@H](C)[C@H](NC(=O)c1cc(F)cc(C(F)(F)F)c1)C(=O)O. The molecule has 0 fully saturated rings. The highest BCUT2D eigenvalue weighted by Crippen LogP contribution is 2.30. The first-order valence-electron chi connectivity index (χ1n) is 6.47. The van der Waals surface area contributed by atoms with E-state index in [0.29, 0.717) is 18.6 Å². The van der Waals surface area contributed by atoms with Crippen molar-refractivity contribution in [1.29, 1.82) is 0 Å². The molecule has 0 spiro atoms. The van der Waals surface area contributed by atoms with E-state index < -0.39 is 47.0 Å². The summed E-state index contributed by atoms with van der Waals surface area (Å²) in [7, 11) is 0. The van der Waals surface area contributed by atoms with Crippen molar-refractivity contribution in [3.63, 3.8) is 0 Å². The molecule has 1 rings (SSSR count). The molecule has 0 heterocycles. The van der Waals surface area contributed by atoms with Crippen LogP contribution >= 0.6 is 0 Å². The van der Waals surface area contributed by atoms with Crippen LogP contribution in [0.25, 0.3) is 0 Å². The van der Waals surface area contributed by atoms with Crippen molar-refractivity contribution in [2.45, 2.75) is 32.5 Å². The van der Waals surface area contributed by atoms with Gasteiger partial charge >= 0.3 is 12.1 Å². The van der Waals surface area contributed by atoms with E-state index in [9.17, 15) is 27.2 Å². The first-order chi connectivity index (χ1) is 10.1. The molecule has 2 N–H and O–H groups in total. The fraction of sp³-hybridized carbons (Fsp3) is 0.429. The Hall–Kier alpha value is -2.12. The number of carbonyl (C=O) groups excluding carboxylic acids is 1. The third-order valence-corrected chi connectivity index (χ3v) is 3.25. The number of benzene rings is 1. The molecule has 22 heavy (non-hydrogen) atoms. The Morgan fingerprint density at radius 1 is 1.27 bits per heavy atom. The van der Waals surface area contributed by atoms with Gasteiger partial charge in [0, 0.05) is 5.56 Å². The molecule has 0 unspecified atom stereocenters. The Labute approximate surface area is 124 Å². The number of rotatable bonds is 5. The summed E-state index contributed by atoms with van der Waals surface area (Å²) in [6, 6.07) is 0.101. The van der Waals surface area contributed by atoms with Crippen molar-refractivity contribution in [3.8, 4) is 0 Å². The van der Waals surface area contributed by atoms with Crippen LogP contribution in [0.5, 0.6) is 0 Å². The van der Waals surface area contributed by atoms with Gasteiger partial charge in [-0.25, -0.2) is 9.18 Å². The maximum absolute atomic E-state index is 13.2. The molecule has 0 saturated carbocycles. The summed E-state index contributed by atoms with van der Waals surface area (Å²) >= 11 is 0. The van der Waals surface area contributed by atoms with Crippen LogP contribution in [0.4, 0.5) is 17.6 Å². The fourth-order valence-electron chi connectivity index (χ4n) is 1.79. The molecule has 122 valence electrons. The van der Waals surface area contributed by atoms with Gasteiger partial charge in [-0.15, -0.1) is 0 Å². The number of aliphatic carboxylic acids is 1. The molecule has 0 aliphatic heterocycles. The van der Waals surface area contributed by atoms with Crippen LogP contribution in [0.2, 0.25) is 0 Å². The molecule has 1 amide bonds. The third-order valence-electron chi connectivity index (χ3n) is 3.25. The van der Waals surface area contributed by atoms with E-state index in [-0.39, 0.29) is 6.07 Å². The van der Waals surface area contributed by atoms with Gasteiger partial charge in [0.1, 0.15) is 11.9 Å². The lowest BCUT2D eigenvalue weighted by Gasteiger charge is -2.20. The molecule has 8 heteroatoms. The zero-order chi connectivity index (χ0) is 17.1. The van der Waals surface area contributed by atoms with E-state index in [1.807, 2.05) is 0 Å². The molecule has 0 radical (unpaired) electrons. The van der Waals surface area contributed by atoms with Gasteiger partial charge in [0.25, 0.3) is 5.91 Å². The lowest BCUT2D eigenvalue weighted by Crippen LogP contribution is -2.45. The summed E-state index contributed by atoms with van der Waals surface area (Å²) in [6.07, 6.45) is -4.37. The van der Waals surface area contributed by atoms with E-state index in [1.165, 1.54) is 0 Å². The predicted octanol–water partition coefficient (Wildman–Crippen LogP) is 3.07. The van der Waals surface area contributed by atoms with Gasteiger partial charge in [-0.3, -0.25) is 4.79 Å². The lowest BCUT2D eigenvalue weighted by atomic mass is 9.98. The van der Waals surface area contributed by atoms with Crippen molar-refractivity contribution in [1.82, 2.24) is 5.32 Å². The molecule has 0 aromatic heterocycles. The largest absolute Gasteiger partial charge is 0.480 e. The van der Waals surface area contributed by atoms with Crippen LogP contribution in [-0.2, 0) is 11.0 Å². The molecule has 2 atom stereocenters. The molecule has 1 aromatic rings. The summed E-state index contributed by atoms with van der Waals surface area (Å²) in [4.78, 5) is 23.0. The normalized spacial score (nSPS) is 14.3. The standard InChI is InChI=1S/C14H15F4NO3/c1-3-7(2)11(13(21)22)19-12(20)8-4-9(14(16,17)18)6-10(15)5-8/h4-7,11H,3H2,1-2H3,(H,19,20)(H,21,22)/t7-,11-/m0/s1. The van der Waals surface area contributed by atoms with Gasteiger partial charge in [-0.1, -0.05) is 20.3 Å². The monoisotopic (exact) mass is 321 g/mol. The number of halogens is 4. The molecule has 0 aliphatic carbocycles. The molecule has 1 aromatic carbocycles. The summed E-state index contributed by atoms with van der Waals surface area (Å²) in [5, 5.41) is 11.2. The van der Waals surface area contributed by atoms with E-state index >= 15 is 0 Å². The first kappa shape index (κ1) is 17.9. The van der Waals surface area contributed by atoms with E-state index in [4.69, 9.17) is 5.11 Å². The van der Waals surface area contributed by atoms with Gasteiger partial charge in [-0.2, -0.15) is 13.2 Å². The molecule has 0 saturated heterocycles. The highest BCUT2D eigenvalue weighted by atomic mass is 19.4. The second-order valence-corrected chi connectivity index (χ2v) is 4.90. The van der Waals surface area contributed by atoms with Crippen molar-refractivity contribution in [2.75, 3.05) is 0 Å². The average molecular weight is 321 g/mol. The van der Waals surface area contributed by atoms with Crippen molar-refractivity contribution in [3.05, 3.63) is 35.1 Å². The number of carboxylic acid groups (broad SMARTS) is 1. The number of hydrogen-bond acceptors (Lipinski definition) is 2. The second-order valence-electron chi connectivity index (χ2n) is 4.90.